The van der Waals surface area contributed by atoms with E-state index >= 15 is 0 Å². The number of carbonyl (C=O) groups excluding carboxylic acids is 1. The molecule has 0 aliphatic rings. The molecule has 1 amide bonds. The molecule has 27 heavy (non-hydrogen) atoms. The van der Waals surface area contributed by atoms with Gasteiger partial charge < -0.3 is 16.0 Å². The molecule has 0 unspecified atom stereocenters. The molecule has 0 saturated carbocycles. The number of rotatable bonds is 5. The van der Waals surface area contributed by atoms with Gasteiger partial charge in [0.25, 0.3) is 0 Å². The van der Waals surface area contributed by atoms with E-state index in [-0.39, 0.29) is 48.0 Å². The lowest BCUT2D eigenvalue weighted by molar-refractivity contribution is -0.138. The fourth-order valence-corrected chi connectivity index (χ4v) is 1.99. The van der Waals surface area contributed by atoms with Crippen molar-refractivity contribution in [2.24, 2.45) is 10.4 Å². The average Bonchev–Trinajstić information content (AvgIpc) is 2.53. The second-order valence-corrected chi connectivity index (χ2v) is 6.66. The third kappa shape index (κ3) is 8.76. The molecule has 0 aliphatic carbocycles. The van der Waals surface area contributed by atoms with Gasteiger partial charge in [-0.15, -0.1) is 24.0 Å². The predicted octanol–water partition coefficient (Wildman–Crippen LogP) is 3.29. The Kier molecular flexibility index (Phi) is 10.0. The fraction of sp³-hybridized carbons (Fsp3) is 0.529. The van der Waals surface area contributed by atoms with Crippen molar-refractivity contribution in [3.63, 3.8) is 0 Å². The maximum atomic E-state index is 13.1. The van der Waals surface area contributed by atoms with E-state index in [1.54, 1.807) is 20.8 Å². The van der Waals surface area contributed by atoms with Crippen LogP contribution in [0.5, 0.6) is 0 Å². The summed E-state index contributed by atoms with van der Waals surface area (Å²) in [5.41, 5.74) is -1.63. The summed E-state index contributed by atoms with van der Waals surface area (Å²) in [6.45, 7) is 5.87. The second kappa shape index (κ2) is 10.7. The van der Waals surface area contributed by atoms with Crippen molar-refractivity contribution in [1.82, 2.24) is 16.0 Å². The first-order valence-corrected chi connectivity index (χ1v) is 8.03. The van der Waals surface area contributed by atoms with Crippen LogP contribution in [0.3, 0.4) is 0 Å². The number of benzene rings is 1. The van der Waals surface area contributed by atoms with Crippen molar-refractivity contribution >= 4 is 35.8 Å². The molecule has 0 fully saturated rings. The van der Waals surface area contributed by atoms with Crippen LogP contribution in [0.2, 0.25) is 0 Å². The summed E-state index contributed by atoms with van der Waals surface area (Å²) in [5.74, 6) is -0.783. The van der Waals surface area contributed by atoms with E-state index in [2.05, 4.69) is 20.9 Å². The number of aliphatic imine (C=N–C) groups is 1. The van der Waals surface area contributed by atoms with Crippen molar-refractivity contribution in [3.05, 3.63) is 35.1 Å². The van der Waals surface area contributed by atoms with Gasteiger partial charge in [-0.25, -0.2) is 4.39 Å². The molecule has 1 aromatic rings. The minimum Gasteiger partial charge on any atom is -0.355 e. The average molecular weight is 504 g/mol. The zero-order chi connectivity index (χ0) is 20.0. The van der Waals surface area contributed by atoms with Crippen molar-refractivity contribution in [3.8, 4) is 0 Å². The van der Waals surface area contributed by atoms with Crippen molar-refractivity contribution in [1.29, 1.82) is 0 Å². The number of nitrogens with zero attached hydrogens (tertiary/aromatic N) is 1. The Bertz CT molecular complexity index is 657. The van der Waals surface area contributed by atoms with E-state index in [1.807, 2.05) is 0 Å². The maximum absolute atomic E-state index is 13.1. The van der Waals surface area contributed by atoms with Gasteiger partial charge in [-0.3, -0.25) is 9.79 Å². The van der Waals surface area contributed by atoms with Gasteiger partial charge in [0.1, 0.15) is 5.82 Å². The second-order valence-electron chi connectivity index (χ2n) is 6.66. The van der Waals surface area contributed by atoms with Crippen LogP contribution in [-0.2, 0) is 17.5 Å². The summed E-state index contributed by atoms with van der Waals surface area (Å²) in [5, 5.41) is 8.36. The van der Waals surface area contributed by atoms with Crippen LogP contribution in [0.4, 0.5) is 17.6 Å². The first-order valence-electron chi connectivity index (χ1n) is 8.03. The molecular formula is C17H25F4IN4O. The van der Waals surface area contributed by atoms with Crippen LogP contribution in [0.25, 0.3) is 0 Å². The summed E-state index contributed by atoms with van der Waals surface area (Å²) in [6.07, 6.45) is -4.65. The molecular weight excluding hydrogens is 479 g/mol. The summed E-state index contributed by atoms with van der Waals surface area (Å²) < 4.78 is 52.0. The molecule has 0 heterocycles. The lowest BCUT2D eigenvalue weighted by Gasteiger charge is -2.18. The quantitative estimate of drug-likeness (QED) is 0.190. The van der Waals surface area contributed by atoms with E-state index < -0.39 is 23.0 Å². The van der Waals surface area contributed by atoms with Crippen LogP contribution >= 0.6 is 24.0 Å². The molecule has 1 rings (SSSR count). The Hall–Kier alpha value is -1.59. The van der Waals surface area contributed by atoms with Gasteiger partial charge in [0, 0.05) is 32.1 Å². The molecule has 0 bridgehead atoms. The number of carbonyl (C=O) groups is 1. The molecule has 3 N–H and O–H groups in total. The van der Waals surface area contributed by atoms with Crippen LogP contribution in [0.1, 0.15) is 31.9 Å². The highest BCUT2D eigenvalue weighted by Crippen LogP contribution is 2.32. The van der Waals surface area contributed by atoms with Crippen molar-refractivity contribution in [2.75, 3.05) is 20.1 Å². The van der Waals surface area contributed by atoms with Gasteiger partial charge in [0.15, 0.2) is 5.96 Å². The zero-order valence-corrected chi connectivity index (χ0v) is 18.0. The summed E-state index contributed by atoms with van der Waals surface area (Å²) in [4.78, 5) is 15.6. The monoisotopic (exact) mass is 504 g/mol. The summed E-state index contributed by atoms with van der Waals surface area (Å²) in [6, 6.07) is 2.53. The molecule has 1 aromatic carbocycles. The van der Waals surface area contributed by atoms with E-state index in [0.717, 1.165) is 12.1 Å². The Labute approximate surface area is 173 Å². The number of halogens is 5. The van der Waals surface area contributed by atoms with E-state index in [9.17, 15) is 22.4 Å². The molecule has 0 aromatic heterocycles. The summed E-state index contributed by atoms with van der Waals surface area (Å²) >= 11 is 0. The first-order chi connectivity index (χ1) is 11.9. The normalized spacial score (nSPS) is 12.2. The number of guanidine groups is 1. The van der Waals surface area contributed by atoms with Gasteiger partial charge in [-0.2, -0.15) is 13.2 Å². The lowest BCUT2D eigenvalue weighted by atomic mass is 9.96. The highest BCUT2D eigenvalue weighted by Gasteiger charge is 2.33. The Morgan fingerprint density at radius 1 is 1.07 bits per heavy atom. The van der Waals surface area contributed by atoms with Crippen LogP contribution in [0, 0.1) is 11.2 Å². The standard InChI is InChI=1S/C17H24F4N4O.HI/c1-16(2,3)14(26)23-7-8-24-15(22-4)25-10-11-5-6-12(18)9-13(11)17(19,20)21;/h5-6,9H,7-8,10H2,1-4H3,(H,23,26)(H2,22,24,25);1H. The smallest absolute Gasteiger partial charge is 0.355 e. The molecule has 0 saturated heterocycles. The number of hydrogen-bond donors (Lipinski definition) is 3. The number of amides is 1. The Balaban J connectivity index is 0.00000676. The van der Waals surface area contributed by atoms with Gasteiger partial charge >= 0.3 is 6.18 Å². The van der Waals surface area contributed by atoms with E-state index in [0.29, 0.717) is 19.2 Å². The van der Waals surface area contributed by atoms with Crippen molar-refractivity contribution in [2.45, 2.75) is 33.5 Å². The fourth-order valence-electron chi connectivity index (χ4n) is 1.99. The van der Waals surface area contributed by atoms with Gasteiger partial charge in [-0.1, -0.05) is 26.8 Å². The van der Waals surface area contributed by atoms with Crippen LogP contribution < -0.4 is 16.0 Å². The van der Waals surface area contributed by atoms with Crippen LogP contribution in [0.15, 0.2) is 23.2 Å². The topological polar surface area (TPSA) is 65.5 Å². The Morgan fingerprint density at radius 3 is 2.19 bits per heavy atom. The Morgan fingerprint density at radius 2 is 1.67 bits per heavy atom. The van der Waals surface area contributed by atoms with Gasteiger partial charge in [0.2, 0.25) is 5.91 Å². The van der Waals surface area contributed by atoms with Gasteiger partial charge in [0.05, 0.1) is 5.56 Å². The molecule has 0 spiro atoms. The molecule has 0 atom stereocenters. The molecule has 5 nitrogen and oxygen atoms in total. The minimum atomic E-state index is -4.65. The SMILES string of the molecule is CN=C(NCCNC(=O)C(C)(C)C)NCc1ccc(F)cc1C(F)(F)F.I. The number of alkyl halides is 3. The first kappa shape index (κ1) is 25.4. The molecule has 0 radical (unpaired) electrons. The van der Waals surface area contributed by atoms with Gasteiger partial charge in [-0.05, 0) is 17.7 Å². The minimum absolute atomic E-state index is 0. The summed E-state index contributed by atoms with van der Waals surface area (Å²) in [7, 11) is 1.47. The maximum Gasteiger partial charge on any atom is 0.416 e. The number of hydrogen-bond acceptors (Lipinski definition) is 2. The highest BCUT2D eigenvalue weighted by atomic mass is 127. The molecule has 0 aliphatic heterocycles. The van der Waals surface area contributed by atoms with Crippen LogP contribution in [-0.4, -0.2) is 32.0 Å². The lowest BCUT2D eigenvalue weighted by Crippen LogP contribution is -2.43. The third-order valence-electron chi connectivity index (χ3n) is 3.43. The predicted molar refractivity (Wildman–Crippen MR) is 107 cm³/mol. The van der Waals surface area contributed by atoms with E-state index in [4.69, 9.17) is 0 Å². The molecule has 154 valence electrons. The van der Waals surface area contributed by atoms with E-state index in [1.165, 1.54) is 7.05 Å². The zero-order valence-electron chi connectivity index (χ0n) is 15.6. The molecule has 10 heteroatoms. The third-order valence-corrected chi connectivity index (χ3v) is 3.43. The largest absolute Gasteiger partial charge is 0.416 e. The highest BCUT2D eigenvalue weighted by molar-refractivity contribution is 14.0. The number of nitrogens with one attached hydrogen (secondary N) is 3. The van der Waals surface area contributed by atoms with Crippen molar-refractivity contribution < 1.29 is 22.4 Å².